The first-order valence-corrected chi connectivity index (χ1v) is 6.45. The molecule has 1 heterocycles. The fraction of sp³-hybridized carbons (Fsp3) is 0.357. The molecular formula is C14H18N4O2. The number of nitrogens with zero attached hydrogens (tertiary/aromatic N) is 3. The van der Waals surface area contributed by atoms with E-state index in [0.717, 1.165) is 6.54 Å². The van der Waals surface area contributed by atoms with Crippen molar-refractivity contribution in [2.24, 2.45) is 5.92 Å². The van der Waals surface area contributed by atoms with Gasteiger partial charge in [-0.3, -0.25) is 0 Å². The summed E-state index contributed by atoms with van der Waals surface area (Å²) in [5.41, 5.74) is 6.59. The fourth-order valence-corrected chi connectivity index (χ4v) is 1.78. The standard InChI is InChI=1S/C14H18N4O2/c1-10(2)7-18-13(16-9-17-18)8-20-14(19)11-4-3-5-12(15)6-11/h3-6,9-10H,7-8,15H2,1-2H3. The summed E-state index contributed by atoms with van der Waals surface area (Å²) in [7, 11) is 0. The van der Waals surface area contributed by atoms with E-state index in [1.54, 1.807) is 28.9 Å². The predicted molar refractivity (Wildman–Crippen MR) is 74.8 cm³/mol. The molecule has 0 saturated carbocycles. The summed E-state index contributed by atoms with van der Waals surface area (Å²) in [5, 5.41) is 4.12. The van der Waals surface area contributed by atoms with Crippen LogP contribution in [-0.4, -0.2) is 20.7 Å². The molecule has 20 heavy (non-hydrogen) atoms. The lowest BCUT2D eigenvalue weighted by molar-refractivity contribution is 0.0456. The van der Waals surface area contributed by atoms with E-state index in [0.29, 0.717) is 23.0 Å². The van der Waals surface area contributed by atoms with Gasteiger partial charge in [0.1, 0.15) is 6.33 Å². The minimum Gasteiger partial charge on any atom is -0.454 e. The van der Waals surface area contributed by atoms with Gasteiger partial charge < -0.3 is 10.5 Å². The van der Waals surface area contributed by atoms with Gasteiger partial charge in [-0.1, -0.05) is 19.9 Å². The van der Waals surface area contributed by atoms with Crippen molar-refractivity contribution in [3.63, 3.8) is 0 Å². The number of benzene rings is 1. The molecule has 0 amide bonds. The number of hydrogen-bond acceptors (Lipinski definition) is 5. The first-order valence-electron chi connectivity index (χ1n) is 6.45. The van der Waals surface area contributed by atoms with Crippen molar-refractivity contribution in [3.8, 4) is 0 Å². The minimum absolute atomic E-state index is 0.0976. The van der Waals surface area contributed by atoms with Crippen LogP contribution in [0.3, 0.4) is 0 Å². The molecule has 0 fully saturated rings. The van der Waals surface area contributed by atoms with Crippen LogP contribution < -0.4 is 5.73 Å². The highest BCUT2D eigenvalue weighted by molar-refractivity contribution is 5.90. The highest BCUT2D eigenvalue weighted by atomic mass is 16.5. The Morgan fingerprint density at radius 1 is 1.45 bits per heavy atom. The van der Waals surface area contributed by atoms with Gasteiger partial charge in [0, 0.05) is 12.2 Å². The van der Waals surface area contributed by atoms with E-state index in [1.807, 2.05) is 0 Å². The third kappa shape index (κ3) is 3.57. The molecule has 1 aromatic carbocycles. The van der Waals surface area contributed by atoms with E-state index in [4.69, 9.17) is 10.5 Å². The molecule has 0 aliphatic heterocycles. The van der Waals surface area contributed by atoms with Crippen molar-refractivity contribution in [2.75, 3.05) is 5.73 Å². The second kappa shape index (κ2) is 6.18. The van der Waals surface area contributed by atoms with Gasteiger partial charge >= 0.3 is 5.97 Å². The Hall–Kier alpha value is -2.37. The summed E-state index contributed by atoms with van der Waals surface area (Å²) in [5.74, 6) is 0.660. The van der Waals surface area contributed by atoms with Crippen LogP contribution in [0.1, 0.15) is 30.0 Å². The van der Waals surface area contributed by atoms with E-state index < -0.39 is 5.97 Å². The van der Waals surface area contributed by atoms with Crippen LogP contribution in [-0.2, 0) is 17.9 Å². The number of carbonyl (C=O) groups excluding carboxylic acids is 1. The molecule has 0 radical (unpaired) electrons. The van der Waals surface area contributed by atoms with Crippen LogP contribution >= 0.6 is 0 Å². The van der Waals surface area contributed by atoms with E-state index in [1.165, 1.54) is 6.33 Å². The molecule has 0 bridgehead atoms. The van der Waals surface area contributed by atoms with Gasteiger partial charge in [-0.15, -0.1) is 0 Å². The number of rotatable bonds is 5. The Morgan fingerprint density at radius 2 is 2.25 bits per heavy atom. The number of aromatic nitrogens is 3. The highest BCUT2D eigenvalue weighted by Gasteiger charge is 2.11. The number of hydrogen-bond donors (Lipinski definition) is 1. The summed E-state index contributed by atoms with van der Waals surface area (Å²) in [6, 6.07) is 6.68. The third-order valence-electron chi connectivity index (χ3n) is 2.69. The number of anilines is 1. The third-order valence-corrected chi connectivity index (χ3v) is 2.69. The average Bonchev–Trinajstić information content (AvgIpc) is 2.82. The summed E-state index contributed by atoms with van der Waals surface area (Å²) in [6.45, 7) is 5.01. The van der Waals surface area contributed by atoms with Crippen LogP contribution in [0.4, 0.5) is 5.69 Å². The van der Waals surface area contributed by atoms with Crippen molar-refractivity contribution in [1.82, 2.24) is 14.8 Å². The summed E-state index contributed by atoms with van der Waals surface area (Å²) in [6.07, 6.45) is 1.46. The van der Waals surface area contributed by atoms with Crippen molar-refractivity contribution >= 4 is 11.7 Å². The van der Waals surface area contributed by atoms with Crippen molar-refractivity contribution in [2.45, 2.75) is 27.0 Å². The maximum Gasteiger partial charge on any atom is 0.338 e. The second-order valence-electron chi connectivity index (χ2n) is 4.95. The number of carbonyl (C=O) groups is 1. The molecule has 6 nitrogen and oxygen atoms in total. The normalized spacial score (nSPS) is 10.8. The minimum atomic E-state index is -0.420. The van der Waals surface area contributed by atoms with Gasteiger partial charge in [0.25, 0.3) is 0 Å². The highest BCUT2D eigenvalue weighted by Crippen LogP contribution is 2.09. The Kier molecular flexibility index (Phi) is 4.34. The zero-order chi connectivity index (χ0) is 14.5. The number of esters is 1. The maximum atomic E-state index is 11.9. The van der Waals surface area contributed by atoms with Gasteiger partial charge in [0.2, 0.25) is 0 Å². The second-order valence-corrected chi connectivity index (χ2v) is 4.95. The Balaban J connectivity index is 1.98. The summed E-state index contributed by atoms with van der Waals surface area (Å²) in [4.78, 5) is 16.0. The van der Waals surface area contributed by atoms with Crippen LogP contribution in [0.2, 0.25) is 0 Å². The quantitative estimate of drug-likeness (QED) is 0.664. The topological polar surface area (TPSA) is 83.0 Å². The SMILES string of the molecule is CC(C)Cn1ncnc1COC(=O)c1cccc(N)c1. The number of ether oxygens (including phenoxy) is 1. The van der Waals surface area contributed by atoms with Crippen molar-refractivity contribution < 1.29 is 9.53 Å². The van der Waals surface area contributed by atoms with Gasteiger partial charge in [-0.2, -0.15) is 5.10 Å². The molecule has 0 saturated heterocycles. The molecule has 6 heteroatoms. The van der Waals surface area contributed by atoms with Crippen molar-refractivity contribution in [1.29, 1.82) is 0 Å². The number of nitrogens with two attached hydrogens (primary N) is 1. The van der Waals surface area contributed by atoms with E-state index in [2.05, 4.69) is 23.9 Å². The van der Waals surface area contributed by atoms with E-state index in [9.17, 15) is 4.79 Å². The van der Waals surface area contributed by atoms with Gasteiger partial charge in [-0.25, -0.2) is 14.5 Å². The molecule has 0 aliphatic carbocycles. The lowest BCUT2D eigenvalue weighted by atomic mass is 10.2. The average molecular weight is 274 g/mol. The Labute approximate surface area is 117 Å². The summed E-state index contributed by atoms with van der Waals surface area (Å²) < 4.78 is 6.98. The largest absolute Gasteiger partial charge is 0.454 e. The first kappa shape index (κ1) is 14.0. The van der Waals surface area contributed by atoms with Crippen LogP contribution in [0.25, 0.3) is 0 Å². The molecule has 0 aliphatic rings. The number of nitrogen functional groups attached to an aromatic ring is 1. The molecule has 106 valence electrons. The molecule has 1 aromatic heterocycles. The fourth-order valence-electron chi connectivity index (χ4n) is 1.78. The molecule has 2 aromatic rings. The molecule has 0 spiro atoms. The lowest BCUT2D eigenvalue weighted by Crippen LogP contribution is -2.13. The van der Waals surface area contributed by atoms with Crippen LogP contribution in [0, 0.1) is 5.92 Å². The zero-order valence-electron chi connectivity index (χ0n) is 11.6. The van der Waals surface area contributed by atoms with E-state index >= 15 is 0 Å². The predicted octanol–water partition coefficient (Wildman–Crippen LogP) is 1.87. The first-order chi connectivity index (χ1) is 9.56. The maximum absolute atomic E-state index is 11.9. The van der Waals surface area contributed by atoms with E-state index in [-0.39, 0.29) is 6.61 Å². The lowest BCUT2D eigenvalue weighted by Gasteiger charge is -2.09. The van der Waals surface area contributed by atoms with Gasteiger partial charge in [0.05, 0.1) is 5.56 Å². The Bertz CT molecular complexity index is 592. The van der Waals surface area contributed by atoms with Crippen LogP contribution in [0.5, 0.6) is 0 Å². The van der Waals surface area contributed by atoms with Gasteiger partial charge in [0.15, 0.2) is 12.4 Å². The summed E-state index contributed by atoms with van der Waals surface area (Å²) >= 11 is 0. The van der Waals surface area contributed by atoms with Crippen LogP contribution in [0.15, 0.2) is 30.6 Å². The Morgan fingerprint density at radius 3 is 2.95 bits per heavy atom. The molecule has 0 atom stereocenters. The molecule has 0 unspecified atom stereocenters. The molecule has 2 N–H and O–H groups in total. The molecule has 2 rings (SSSR count). The monoisotopic (exact) mass is 274 g/mol. The van der Waals surface area contributed by atoms with Crippen molar-refractivity contribution in [3.05, 3.63) is 42.0 Å². The zero-order valence-corrected chi connectivity index (χ0v) is 11.6. The van der Waals surface area contributed by atoms with Gasteiger partial charge in [-0.05, 0) is 24.1 Å². The molecular weight excluding hydrogens is 256 g/mol. The smallest absolute Gasteiger partial charge is 0.338 e.